The summed E-state index contributed by atoms with van der Waals surface area (Å²) in [5, 5.41) is 0. The van der Waals surface area contributed by atoms with E-state index in [2.05, 4.69) is 27.6 Å². The van der Waals surface area contributed by atoms with Crippen molar-refractivity contribution in [3.8, 4) is 5.69 Å². The van der Waals surface area contributed by atoms with Crippen molar-refractivity contribution in [3.63, 3.8) is 0 Å². The van der Waals surface area contributed by atoms with Crippen LogP contribution in [0.3, 0.4) is 0 Å². The zero-order valence-electron chi connectivity index (χ0n) is 14.4. The summed E-state index contributed by atoms with van der Waals surface area (Å²) in [6.07, 6.45) is 1.56. The van der Waals surface area contributed by atoms with Gasteiger partial charge in [0, 0.05) is 14.7 Å². The van der Waals surface area contributed by atoms with Crippen LogP contribution in [0.15, 0.2) is 53.8 Å². The average Bonchev–Trinajstić information content (AvgIpc) is 3.01. The third-order valence-corrected chi connectivity index (χ3v) is 5.27. The second-order valence-electron chi connectivity index (χ2n) is 5.94. The number of aliphatic imine (C=N–C) groups is 1. The highest BCUT2D eigenvalue weighted by Crippen LogP contribution is 2.29. The molecule has 0 radical (unpaired) electrons. The van der Waals surface area contributed by atoms with Crippen LogP contribution in [0, 0.1) is 9.39 Å². The van der Waals surface area contributed by atoms with Gasteiger partial charge in [0.05, 0.1) is 30.2 Å². The van der Waals surface area contributed by atoms with Gasteiger partial charge in [-0.15, -0.1) is 0 Å². The second-order valence-corrected chi connectivity index (χ2v) is 7.10. The van der Waals surface area contributed by atoms with E-state index in [1.165, 1.54) is 12.1 Å². The standard InChI is InChI=1S/C20H15FIN3O2/c1-2-27-20(26)19-17-10-23-18(13-5-3-4-6-15(13)22)14-9-12(21)7-8-16(14)25(17)11-24-19/h3-9,11H,2,10H2,1H3. The number of aromatic nitrogens is 2. The number of halogens is 2. The van der Waals surface area contributed by atoms with Crippen LogP contribution >= 0.6 is 22.6 Å². The number of esters is 1. The van der Waals surface area contributed by atoms with Crippen LogP contribution in [0.2, 0.25) is 0 Å². The van der Waals surface area contributed by atoms with Gasteiger partial charge in [0.1, 0.15) is 12.1 Å². The number of carbonyl (C=O) groups is 1. The first-order valence-corrected chi connectivity index (χ1v) is 9.51. The molecular formula is C20H15FIN3O2. The van der Waals surface area contributed by atoms with Crippen molar-refractivity contribution in [2.45, 2.75) is 13.5 Å². The van der Waals surface area contributed by atoms with E-state index in [0.29, 0.717) is 17.0 Å². The maximum Gasteiger partial charge on any atom is 0.358 e. The van der Waals surface area contributed by atoms with E-state index in [-0.39, 0.29) is 24.7 Å². The van der Waals surface area contributed by atoms with E-state index >= 15 is 0 Å². The van der Waals surface area contributed by atoms with Gasteiger partial charge in [-0.3, -0.25) is 9.56 Å². The molecule has 0 N–H and O–H groups in total. The first-order valence-electron chi connectivity index (χ1n) is 8.43. The van der Waals surface area contributed by atoms with Crippen molar-refractivity contribution in [3.05, 3.63) is 80.7 Å². The van der Waals surface area contributed by atoms with E-state index < -0.39 is 5.97 Å². The molecule has 0 saturated heterocycles. The van der Waals surface area contributed by atoms with Crippen LogP contribution in [0.4, 0.5) is 4.39 Å². The zero-order chi connectivity index (χ0) is 19.0. The van der Waals surface area contributed by atoms with Gasteiger partial charge in [-0.1, -0.05) is 18.2 Å². The molecule has 0 aliphatic carbocycles. The van der Waals surface area contributed by atoms with E-state index in [1.807, 2.05) is 24.3 Å². The Bertz CT molecular complexity index is 1070. The van der Waals surface area contributed by atoms with Crippen LogP contribution in [-0.2, 0) is 11.3 Å². The Hall–Kier alpha value is -2.55. The monoisotopic (exact) mass is 475 g/mol. The summed E-state index contributed by atoms with van der Waals surface area (Å²) in [6, 6.07) is 12.4. The maximum absolute atomic E-state index is 14.1. The van der Waals surface area contributed by atoms with Crippen LogP contribution in [0.25, 0.3) is 5.69 Å². The summed E-state index contributed by atoms with van der Waals surface area (Å²) >= 11 is 2.24. The molecule has 0 unspecified atom stereocenters. The van der Waals surface area contributed by atoms with Gasteiger partial charge in [-0.2, -0.15) is 0 Å². The van der Waals surface area contributed by atoms with E-state index in [4.69, 9.17) is 9.73 Å². The third kappa shape index (κ3) is 3.16. The molecule has 1 aromatic heterocycles. The maximum atomic E-state index is 14.1. The number of imidazole rings is 1. The Morgan fingerprint density at radius 2 is 2.07 bits per heavy atom. The summed E-state index contributed by atoms with van der Waals surface area (Å²) in [7, 11) is 0. The number of ether oxygens (including phenoxy) is 1. The Labute approximate surface area is 169 Å². The highest BCUT2D eigenvalue weighted by molar-refractivity contribution is 14.1. The van der Waals surface area contributed by atoms with Crippen molar-refractivity contribution >= 4 is 34.3 Å². The lowest BCUT2D eigenvalue weighted by atomic mass is 10.0. The molecule has 0 fully saturated rings. The SMILES string of the molecule is CCOC(=O)c1ncn2c1CN=C(c1ccccc1I)c1cc(F)ccc1-2. The fourth-order valence-electron chi connectivity index (χ4n) is 3.13. The van der Waals surface area contributed by atoms with Crippen LogP contribution in [0.5, 0.6) is 0 Å². The minimum absolute atomic E-state index is 0.236. The Kier molecular flexibility index (Phi) is 4.77. The van der Waals surface area contributed by atoms with Gasteiger partial charge in [-0.25, -0.2) is 14.2 Å². The molecule has 4 rings (SSSR count). The molecule has 0 saturated carbocycles. The number of nitrogens with zero attached hydrogens (tertiary/aromatic N) is 3. The molecule has 1 aliphatic heterocycles. The molecule has 2 aromatic carbocycles. The lowest BCUT2D eigenvalue weighted by Crippen LogP contribution is -2.09. The molecule has 0 bridgehead atoms. The van der Waals surface area contributed by atoms with Crippen LogP contribution in [-0.4, -0.2) is 27.8 Å². The third-order valence-electron chi connectivity index (χ3n) is 4.32. The highest BCUT2D eigenvalue weighted by atomic mass is 127. The normalized spacial score (nSPS) is 12.6. The van der Waals surface area contributed by atoms with E-state index in [9.17, 15) is 9.18 Å². The van der Waals surface area contributed by atoms with Gasteiger partial charge in [-0.05, 0) is 53.8 Å². The second kappa shape index (κ2) is 7.22. The number of benzene rings is 2. The van der Waals surface area contributed by atoms with Crippen LogP contribution < -0.4 is 0 Å². The fourth-order valence-corrected chi connectivity index (χ4v) is 3.78. The van der Waals surface area contributed by atoms with Crippen molar-refractivity contribution in [1.29, 1.82) is 0 Å². The molecule has 7 heteroatoms. The summed E-state index contributed by atoms with van der Waals surface area (Å²) in [6.45, 7) is 2.26. The minimum atomic E-state index is -0.483. The van der Waals surface area contributed by atoms with Gasteiger partial charge in [0.2, 0.25) is 0 Å². The summed E-state index contributed by atoms with van der Waals surface area (Å²) in [5.74, 6) is -0.829. The minimum Gasteiger partial charge on any atom is -0.461 e. The van der Waals surface area contributed by atoms with E-state index in [1.54, 1.807) is 23.9 Å². The number of rotatable bonds is 3. The largest absolute Gasteiger partial charge is 0.461 e. The molecule has 136 valence electrons. The van der Waals surface area contributed by atoms with Crippen molar-refractivity contribution in [1.82, 2.24) is 9.55 Å². The molecule has 5 nitrogen and oxygen atoms in total. The highest BCUT2D eigenvalue weighted by Gasteiger charge is 2.26. The number of hydrogen-bond acceptors (Lipinski definition) is 4. The molecule has 2 heterocycles. The predicted molar refractivity (Wildman–Crippen MR) is 108 cm³/mol. The number of hydrogen-bond donors (Lipinski definition) is 0. The summed E-state index contributed by atoms with van der Waals surface area (Å²) < 4.78 is 22.0. The van der Waals surface area contributed by atoms with E-state index in [0.717, 1.165) is 14.8 Å². The fraction of sp³-hybridized carbons (Fsp3) is 0.150. The lowest BCUT2D eigenvalue weighted by molar-refractivity contribution is 0.0518. The van der Waals surface area contributed by atoms with Gasteiger partial charge < -0.3 is 4.74 Å². The zero-order valence-corrected chi connectivity index (χ0v) is 16.6. The molecule has 0 atom stereocenters. The Morgan fingerprint density at radius 3 is 2.85 bits per heavy atom. The Morgan fingerprint density at radius 1 is 1.26 bits per heavy atom. The van der Waals surface area contributed by atoms with Gasteiger partial charge in [0.15, 0.2) is 5.69 Å². The topological polar surface area (TPSA) is 56.5 Å². The quantitative estimate of drug-likeness (QED) is 0.423. The number of carbonyl (C=O) groups excluding carboxylic acids is 1. The summed E-state index contributed by atoms with van der Waals surface area (Å²) in [5.41, 5.74) is 3.85. The molecule has 0 spiro atoms. The molecule has 1 aliphatic rings. The average molecular weight is 475 g/mol. The van der Waals surface area contributed by atoms with Crippen molar-refractivity contribution in [2.75, 3.05) is 6.61 Å². The van der Waals surface area contributed by atoms with Crippen molar-refractivity contribution < 1.29 is 13.9 Å². The molecule has 3 aromatic rings. The van der Waals surface area contributed by atoms with Gasteiger partial charge >= 0.3 is 5.97 Å². The molecule has 0 amide bonds. The van der Waals surface area contributed by atoms with Crippen LogP contribution in [0.1, 0.15) is 34.2 Å². The Balaban J connectivity index is 1.94. The lowest BCUT2D eigenvalue weighted by Gasteiger charge is -2.12. The first-order chi connectivity index (χ1) is 13.1. The molecular weight excluding hydrogens is 460 g/mol. The van der Waals surface area contributed by atoms with Crippen molar-refractivity contribution in [2.24, 2.45) is 4.99 Å². The molecule has 27 heavy (non-hydrogen) atoms. The van der Waals surface area contributed by atoms with Gasteiger partial charge in [0.25, 0.3) is 0 Å². The smallest absolute Gasteiger partial charge is 0.358 e. The first kappa shape index (κ1) is 17.8. The predicted octanol–water partition coefficient (Wildman–Crippen LogP) is 4.14. The number of fused-ring (bicyclic) bond motifs is 3. The summed E-state index contributed by atoms with van der Waals surface area (Å²) in [4.78, 5) is 21.2.